The molecule has 1 fully saturated rings. The van der Waals surface area contributed by atoms with Crippen LogP contribution in [0.15, 0.2) is 57.9 Å². The molecule has 0 aromatic heterocycles. The van der Waals surface area contributed by atoms with Crippen molar-refractivity contribution in [2.24, 2.45) is 0 Å². The maximum absolute atomic E-state index is 12.9. The van der Waals surface area contributed by atoms with Crippen LogP contribution in [0.25, 0.3) is 6.08 Å². The lowest BCUT2D eigenvalue weighted by atomic mass is 10.2. The lowest BCUT2D eigenvalue weighted by molar-refractivity contribution is -0.127. The number of carbonyl (C=O) groups excluding carboxylic acids is 1. The number of halogens is 3. The smallest absolute Gasteiger partial charge is 0.246 e. The predicted octanol–water partition coefficient (Wildman–Crippen LogP) is 3.79. The second-order valence-electron chi connectivity index (χ2n) is 6.19. The van der Waals surface area contributed by atoms with E-state index in [1.54, 1.807) is 29.2 Å². The molecule has 1 heterocycles. The third-order valence-corrected chi connectivity index (χ3v) is 7.23. The van der Waals surface area contributed by atoms with Crippen molar-refractivity contribution in [2.75, 3.05) is 26.2 Å². The molecule has 1 amide bonds. The van der Waals surface area contributed by atoms with E-state index in [0.717, 1.165) is 0 Å². The van der Waals surface area contributed by atoms with Gasteiger partial charge in [0.05, 0.1) is 5.02 Å². The van der Waals surface area contributed by atoms with Crippen LogP contribution >= 0.6 is 27.5 Å². The number of piperazine rings is 1. The van der Waals surface area contributed by atoms with E-state index in [9.17, 15) is 17.6 Å². The Balaban J connectivity index is 1.63. The molecule has 0 unspecified atom stereocenters. The average molecular weight is 488 g/mol. The first-order valence-electron chi connectivity index (χ1n) is 8.45. The van der Waals surface area contributed by atoms with Gasteiger partial charge in [0.1, 0.15) is 10.7 Å². The lowest BCUT2D eigenvalue weighted by Gasteiger charge is -2.33. The second kappa shape index (κ2) is 8.73. The summed E-state index contributed by atoms with van der Waals surface area (Å²) < 4.78 is 40.6. The highest BCUT2D eigenvalue weighted by Gasteiger charge is 2.31. The van der Waals surface area contributed by atoms with Crippen LogP contribution in [-0.2, 0) is 14.8 Å². The quantitative estimate of drug-likeness (QED) is 0.617. The summed E-state index contributed by atoms with van der Waals surface area (Å²) in [5.74, 6) is -0.560. The number of benzene rings is 2. The van der Waals surface area contributed by atoms with Gasteiger partial charge in [0.25, 0.3) is 0 Å². The molecule has 3 rings (SSSR count). The third kappa shape index (κ3) is 4.81. The van der Waals surface area contributed by atoms with Crippen LogP contribution in [0.5, 0.6) is 0 Å². The highest BCUT2D eigenvalue weighted by molar-refractivity contribution is 9.10. The van der Waals surface area contributed by atoms with Crippen LogP contribution in [0.1, 0.15) is 5.56 Å². The minimum absolute atomic E-state index is 0.0494. The van der Waals surface area contributed by atoms with Gasteiger partial charge in [0.2, 0.25) is 15.9 Å². The third-order valence-electron chi connectivity index (χ3n) is 4.35. The zero-order valence-electron chi connectivity index (χ0n) is 14.7. The number of nitrogens with zero attached hydrogens (tertiary/aromatic N) is 2. The lowest BCUT2D eigenvalue weighted by Crippen LogP contribution is -2.50. The minimum atomic E-state index is -3.73. The van der Waals surface area contributed by atoms with E-state index in [4.69, 9.17) is 11.6 Å². The van der Waals surface area contributed by atoms with Gasteiger partial charge in [0, 0.05) is 36.7 Å². The Hall–Kier alpha value is -1.74. The maximum atomic E-state index is 12.9. The number of hydrogen-bond donors (Lipinski definition) is 0. The SMILES string of the molecule is O=C(C=Cc1ccc(F)cc1)N1CCN(S(=O)(=O)c2ccc(Br)cc2Cl)CC1. The van der Waals surface area contributed by atoms with Gasteiger partial charge in [-0.05, 0) is 42.0 Å². The highest BCUT2D eigenvalue weighted by atomic mass is 79.9. The van der Waals surface area contributed by atoms with Gasteiger partial charge in [-0.15, -0.1) is 0 Å². The second-order valence-corrected chi connectivity index (χ2v) is 9.42. The normalized spacial score (nSPS) is 15.9. The molecule has 1 aliphatic rings. The first-order valence-corrected chi connectivity index (χ1v) is 11.1. The van der Waals surface area contributed by atoms with Crippen molar-refractivity contribution in [3.8, 4) is 0 Å². The molecule has 0 atom stereocenters. The van der Waals surface area contributed by atoms with Crippen molar-refractivity contribution < 1.29 is 17.6 Å². The summed E-state index contributed by atoms with van der Waals surface area (Å²) in [5, 5.41) is 0.148. The summed E-state index contributed by atoms with van der Waals surface area (Å²) in [6.07, 6.45) is 3.01. The van der Waals surface area contributed by atoms with E-state index in [-0.39, 0.29) is 47.8 Å². The molecule has 2 aromatic rings. The molecule has 28 heavy (non-hydrogen) atoms. The number of carbonyl (C=O) groups is 1. The number of sulfonamides is 1. The van der Waals surface area contributed by atoms with Crippen LogP contribution in [0, 0.1) is 5.82 Å². The standard InChI is InChI=1S/C19H17BrClFN2O3S/c20-15-4-7-18(17(21)13-15)28(26,27)24-11-9-23(10-12-24)19(25)8-3-14-1-5-16(22)6-2-14/h1-8,13H,9-12H2. The van der Waals surface area contributed by atoms with Gasteiger partial charge in [-0.2, -0.15) is 4.31 Å². The van der Waals surface area contributed by atoms with Crippen molar-refractivity contribution in [2.45, 2.75) is 4.90 Å². The Morgan fingerprint density at radius 2 is 1.71 bits per heavy atom. The molecule has 0 N–H and O–H groups in total. The zero-order valence-corrected chi connectivity index (χ0v) is 17.8. The molecule has 148 valence electrons. The molecule has 9 heteroatoms. The molecule has 0 saturated carbocycles. The molecule has 1 saturated heterocycles. The summed E-state index contributed by atoms with van der Waals surface area (Å²) in [6, 6.07) is 10.4. The van der Waals surface area contributed by atoms with Gasteiger partial charge >= 0.3 is 0 Å². The summed E-state index contributed by atoms with van der Waals surface area (Å²) in [5.41, 5.74) is 0.709. The van der Waals surface area contributed by atoms with Crippen molar-refractivity contribution >= 4 is 49.5 Å². The fraction of sp³-hybridized carbons (Fsp3) is 0.211. The number of hydrogen-bond acceptors (Lipinski definition) is 3. The summed E-state index contributed by atoms with van der Waals surface area (Å²) >= 11 is 9.34. The van der Waals surface area contributed by atoms with Gasteiger partial charge in [-0.25, -0.2) is 12.8 Å². The largest absolute Gasteiger partial charge is 0.337 e. The minimum Gasteiger partial charge on any atom is -0.337 e. The number of amides is 1. The molecular weight excluding hydrogens is 471 g/mol. The predicted molar refractivity (Wildman–Crippen MR) is 110 cm³/mol. The van der Waals surface area contributed by atoms with E-state index in [1.165, 1.54) is 34.6 Å². The van der Waals surface area contributed by atoms with E-state index < -0.39 is 10.0 Å². The Labute approximate surface area is 176 Å². The molecule has 1 aliphatic heterocycles. The fourth-order valence-corrected chi connectivity index (χ4v) is 5.25. The van der Waals surface area contributed by atoms with Crippen LogP contribution in [-0.4, -0.2) is 49.7 Å². The van der Waals surface area contributed by atoms with E-state index in [1.807, 2.05) is 0 Å². The van der Waals surface area contributed by atoms with E-state index >= 15 is 0 Å². The van der Waals surface area contributed by atoms with Gasteiger partial charge in [0.15, 0.2) is 0 Å². The van der Waals surface area contributed by atoms with Crippen molar-refractivity contribution in [1.82, 2.24) is 9.21 Å². The molecule has 2 aromatic carbocycles. The Morgan fingerprint density at radius 1 is 1.07 bits per heavy atom. The monoisotopic (exact) mass is 486 g/mol. The van der Waals surface area contributed by atoms with E-state index in [2.05, 4.69) is 15.9 Å². The van der Waals surface area contributed by atoms with Crippen LogP contribution in [0.3, 0.4) is 0 Å². The molecular formula is C19H17BrClFN2O3S. The van der Waals surface area contributed by atoms with Gasteiger partial charge < -0.3 is 4.90 Å². The number of rotatable bonds is 4. The topological polar surface area (TPSA) is 57.7 Å². The van der Waals surface area contributed by atoms with Crippen molar-refractivity contribution in [3.63, 3.8) is 0 Å². The molecule has 0 bridgehead atoms. The average Bonchev–Trinajstić information content (AvgIpc) is 2.67. The summed E-state index contributed by atoms with van der Waals surface area (Å²) in [4.78, 5) is 14.0. The Kier molecular flexibility index (Phi) is 6.54. The van der Waals surface area contributed by atoms with Crippen molar-refractivity contribution in [1.29, 1.82) is 0 Å². The zero-order chi connectivity index (χ0) is 20.3. The summed E-state index contributed by atoms with van der Waals surface area (Å²) in [6.45, 7) is 0.926. The Bertz CT molecular complexity index is 1000. The highest BCUT2D eigenvalue weighted by Crippen LogP contribution is 2.28. The van der Waals surface area contributed by atoms with Crippen LogP contribution < -0.4 is 0 Å². The summed E-state index contributed by atoms with van der Waals surface area (Å²) in [7, 11) is -3.73. The Morgan fingerprint density at radius 3 is 2.32 bits per heavy atom. The van der Waals surface area contributed by atoms with Gasteiger partial charge in [-0.1, -0.05) is 39.7 Å². The maximum Gasteiger partial charge on any atom is 0.246 e. The van der Waals surface area contributed by atoms with Crippen LogP contribution in [0.4, 0.5) is 4.39 Å². The molecule has 0 spiro atoms. The van der Waals surface area contributed by atoms with Crippen molar-refractivity contribution in [3.05, 3.63) is 69.4 Å². The molecule has 5 nitrogen and oxygen atoms in total. The fourth-order valence-electron chi connectivity index (χ4n) is 2.82. The first kappa shape index (κ1) is 21.0. The molecule has 0 radical (unpaired) electrons. The van der Waals surface area contributed by atoms with E-state index in [0.29, 0.717) is 10.0 Å². The van der Waals surface area contributed by atoms with Crippen LogP contribution in [0.2, 0.25) is 5.02 Å². The van der Waals surface area contributed by atoms with Gasteiger partial charge in [-0.3, -0.25) is 4.79 Å². The molecule has 0 aliphatic carbocycles. The first-order chi connectivity index (χ1) is 13.3.